The molecule has 1 aliphatic carbocycles. The highest BCUT2D eigenvalue weighted by atomic mass is 32.2. The summed E-state index contributed by atoms with van der Waals surface area (Å²) >= 11 is 1.39. The van der Waals surface area contributed by atoms with E-state index < -0.39 is 0 Å². The summed E-state index contributed by atoms with van der Waals surface area (Å²) in [6.07, 6.45) is 6.45. The van der Waals surface area contributed by atoms with Crippen LogP contribution in [0.25, 0.3) is 5.69 Å². The lowest BCUT2D eigenvalue weighted by Crippen LogP contribution is -2.45. The van der Waals surface area contributed by atoms with Gasteiger partial charge in [-0.2, -0.15) is 4.68 Å². The second kappa shape index (κ2) is 8.29. The highest BCUT2D eigenvalue weighted by Gasteiger charge is 2.32. The van der Waals surface area contributed by atoms with E-state index in [0.29, 0.717) is 16.8 Å². The first kappa shape index (κ1) is 18.3. The van der Waals surface area contributed by atoms with E-state index in [9.17, 15) is 4.79 Å². The van der Waals surface area contributed by atoms with E-state index in [1.807, 2.05) is 29.2 Å². The number of benzene rings is 1. The Hall–Kier alpha value is -2.09. The van der Waals surface area contributed by atoms with Gasteiger partial charge in [0.2, 0.25) is 11.1 Å². The molecule has 1 aliphatic heterocycles. The number of nitrogens with zero attached hydrogens (tertiary/aromatic N) is 5. The molecule has 0 N–H and O–H groups in total. The minimum atomic E-state index is 0.188. The Morgan fingerprint density at radius 2 is 1.96 bits per heavy atom. The summed E-state index contributed by atoms with van der Waals surface area (Å²) in [4.78, 5) is 14.8. The van der Waals surface area contributed by atoms with Gasteiger partial charge >= 0.3 is 0 Å². The molecule has 1 saturated carbocycles. The lowest BCUT2D eigenvalue weighted by Gasteiger charge is -2.41. The maximum atomic E-state index is 12.7. The minimum Gasteiger partial charge on any atom is -0.497 e. The topological polar surface area (TPSA) is 73.1 Å². The fourth-order valence-electron chi connectivity index (χ4n) is 4.20. The monoisotopic (exact) mass is 387 g/mol. The van der Waals surface area contributed by atoms with Gasteiger partial charge in [0, 0.05) is 13.1 Å². The van der Waals surface area contributed by atoms with Gasteiger partial charge in [-0.05, 0) is 59.4 Å². The first-order valence-electron chi connectivity index (χ1n) is 9.58. The number of likely N-dealkylation sites (tertiary alicyclic amines) is 1. The van der Waals surface area contributed by atoms with Crippen LogP contribution in [0.4, 0.5) is 0 Å². The molecule has 0 radical (unpaired) electrons. The molecule has 1 saturated heterocycles. The van der Waals surface area contributed by atoms with Crippen LogP contribution in [0.2, 0.25) is 0 Å². The van der Waals surface area contributed by atoms with Crippen LogP contribution in [0.1, 0.15) is 32.1 Å². The number of hydrogen-bond donors (Lipinski definition) is 0. The van der Waals surface area contributed by atoms with Crippen molar-refractivity contribution >= 4 is 17.7 Å². The first-order valence-corrected chi connectivity index (χ1v) is 10.6. The maximum absolute atomic E-state index is 12.7. The lowest BCUT2D eigenvalue weighted by molar-refractivity contribution is -0.131. The van der Waals surface area contributed by atoms with Crippen molar-refractivity contribution in [3.8, 4) is 11.4 Å². The van der Waals surface area contributed by atoms with E-state index in [4.69, 9.17) is 4.74 Å². The van der Waals surface area contributed by atoms with Gasteiger partial charge in [-0.25, -0.2) is 0 Å². The van der Waals surface area contributed by atoms with Gasteiger partial charge in [0.05, 0.1) is 18.6 Å². The Morgan fingerprint density at radius 3 is 2.74 bits per heavy atom. The molecule has 0 unspecified atom stereocenters. The Labute approximate surface area is 163 Å². The molecule has 2 fully saturated rings. The van der Waals surface area contributed by atoms with Crippen molar-refractivity contribution in [3.63, 3.8) is 0 Å². The Balaban J connectivity index is 1.36. The van der Waals surface area contributed by atoms with Gasteiger partial charge in [0.1, 0.15) is 5.75 Å². The predicted molar refractivity (Wildman–Crippen MR) is 103 cm³/mol. The van der Waals surface area contributed by atoms with Gasteiger partial charge in [-0.3, -0.25) is 4.79 Å². The highest BCUT2D eigenvalue weighted by molar-refractivity contribution is 7.99. The molecular formula is C19H25N5O2S. The zero-order valence-corrected chi connectivity index (χ0v) is 16.4. The SMILES string of the molecule is COc1ccc(-n2nnnc2SCC(=O)N2CC[C@H]3CCCC[C@H]3C2)cc1. The number of piperidine rings is 1. The van der Waals surface area contributed by atoms with Gasteiger partial charge in [0.15, 0.2) is 0 Å². The molecule has 2 atom stereocenters. The standard InChI is InChI=1S/C19H25N5O2S/c1-26-17-8-6-16(7-9-17)24-19(20-21-22-24)27-13-18(25)23-11-10-14-4-2-3-5-15(14)12-23/h6-9,14-15H,2-5,10-13H2,1H3/t14-,15+/m1/s1. The molecule has 0 spiro atoms. The first-order chi connectivity index (χ1) is 13.2. The molecule has 27 heavy (non-hydrogen) atoms. The van der Waals surface area contributed by atoms with E-state index in [1.165, 1.54) is 37.4 Å². The van der Waals surface area contributed by atoms with Gasteiger partial charge in [-0.15, -0.1) is 5.10 Å². The number of rotatable bonds is 5. The lowest BCUT2D eigenvalue weighted by atomic mass is 9.75. The molecule has 2 aliphatic rings. The molecule has 1 aromatic carbocycles. The van der Waals surface area contributed by atoms with Crippen LogP contribution < -0.4 is 4.74 Å². The van der Waals surface area contributed by atoms with Crippen LogP contribution in [-0.2, 0) is 4.79 Å². The molecular weight excluding hydrogens is 362 g/mol. The van der Waals surface area contributed by atoms with E-state index in [1.54, 1.807) is 11.8 Å². The minimum absolute atomic E-state index is 0.188. The van der Waals surface area contributed by atoms with Crippen molar-refractivity contribution in [2.24, 2.45) is 11.8 Å². The maximum Gasteiger partial charge on any atom is 0.233 e. The molecule has 2 heterocycles. The number of fused-ring (bicyclic) bond motifs is 1. The molecule has 2 aromatic rings. The average Bonchev–Trinajstić information content (AvgIpc) is 3.20. The van der Waals surface area contributed by atoms with Gasteiger partial charge in [0.25, 0.3) is 0 Å². The van der Waals surface area contributed by atoms with E-state index in [0.717, 1.165) is 36.9 Å². The molecule has 1 aromatic heterocycles. The third kappa shape index (κ3) is 4.10. The third-order valence-corrected chi connectivity index (χ3v) is 6.63. The summed E-state index contributed by atoms with van der Waals surface area (Å²) in [7, 11) is 1.63. The smallest absolute Gasteiger partial charge is 0.233 e. The fourth-order valence-corrected chi connectivity index (χ4v) is 4.99. The number of amides is 1. The van der Waals surface area contributed by atoms with Gasteiger partial charge < -0.3 is 9.64 Å². The number of aromatic nitrogens is 4. The van der Waals surface area contributed by atoms with Crippen LogP contribution >= 0.6 is 11.8 Å². The molecule has 7 nitrogen and oxygen atoms in total. The summed E-state index contributed by atoms with van der Waals surface area (Å²) in [6.45, 7) is 1.82. The zero-order chi connectivity index (χ0) is 18.6. The number of thioether (sulfide) groups is 1. The predicted octanol–water partition coefficient (Wildman–Crippen LogP) is 2.80. The van der Waals surface area contributed by atoms with Crippen molar-refractivity contribution < 1.29 is 9.53 Å². The molecule has 4 rings (SSSR count). The Bertz CT molecular complexity index is 779. The van der Waals surface area contributed by atoms with Crippen molar-refractivity contribution in [1.29, 1.82) is 0 Å². The van der Waals surface area contributed by atoms with Crippen molar-refractivity contribution in [2.45, 2.75) is 37.3 Å². The second-order valence-corrected chi connectivity index (χ2v) is 8.24. The highest BCUT2D eigenvalue weighted by Crippen LogP contribution is 2.36. The number of hydrogen-bond acceptors (Lipinski definition) is 6. The van der Waals surface area contributed by atoms with Crippen LogP contribution in [0, 0.1) is 11.8 Å². The summed E-state index contributed by atoms with van der Waals surface area (Å²) in [6, 6.07) is 7.53. The molecule has 1 amide bonds. The van der Waals surface area contributed by atoms with Crippen molar-refractivity contribution in [1.82, 2.24) is 25.1 Å². The Kier molecular flexibility index (Phi) is 5.61. The van der Waals surface area contributed by atoms with Crippen LogP contribution in [0.15, 0.2) is 29.4 Å². The molecule has 8 heteroatoms. The van der Waals surface area contributed by atoms with Gasteiger partial charge in [-0.1, -0.05) is 31.0 Å². The zero-order valence-electron chi connectivity index (χ0n) is 15.6. The normalized spacial score (nSPS) is 22.3. The largest absolute Gasteiger partial charge is 0.497 e. The van der Waals surface area contributed by atoms with E-state index >= 15 is 0 Å². The van der Waals surface area contributed by atoms with Crippen molar-refractivity contribution in [3.05, 3.63) is 24.3 Å². The number of carbonyl (C=O) groups excluding carboxylic acids is 1. The number of methoxy groups -OCH3 is 1. The summed E-state index contributed by atoms with van der Waals surface area (Å²) in [5.74, 6) is 2.87. The molecule has 0 bridgehead atoms. The fraction of sp³-hybridized carbons (Fsp3) is 0.579. The quantitative estimate of drug-likeness (QED) is 0.735. The number of carbonyl (C=O) groups is 1. The molecule has 144 valence electrons. The Morgan fingerprint density at radius 1 is 1.19 bits per heavy atom. The summed E-state index contributed by atoms with van der Waals surface area (Å²) in [5.41, 5.74) is 0.846. The van der Waals surface area contributed by atoms with Crippen LogP contribution in [0.3, 0.4) is 0 Å². The second-order valence-electron chi connectivity index (χ2n) is 7.29. The summed E-state index contributed by atoms with van der Waals surface area (Å²) < 4.78 is 6.84. The number of tetrazole rings is 1. The number of ether oxygens (including phenoxy) is 1. The summed E-state index contributed by atoms with van der Waals surface area (Å²) in [5, 5.41) is 12.5. The van der Waals surface area contributed by atoms with E-state index in [-0.39, 0.29) is 5.91 Å². The van der Waals surface area contributed by atoms with Crippen LogP contribution in [-0.4, -0.2) is 57.0 Å². The third-order valence-electron chi connectivity index (χ3n) is 5.73. The van der Waals surface area contributed by atoms with Crippen LogP contribution in [0.5, 0.6) is 5.75 Å². The van der Waals surface area contributed by atoms with E-state index in [2.05, 4.69) is 15.5 Å². The average molecular weight is 388 g/mol. The van der Waals surface area contributed by atoms with Crippen molar-refractivity contribution in [2.75, 3.05) is 26.0 Å².